The third-order valence-electron chi connectivity index (χ3n) is 11.2. The van der Waals surface area contributed by atoms with Crippen LogP contribution in [0.15, 0.2) is 18.2 Å². The maximum Gasteiger partial charge on any atom is 0.157 e. The number of Topliss-reactive ketones (excluding diaryl/α,β-unsaturated/α-hetero) is 1. The molecule has 0 N–H and O–H groups in total. The number of benzene rings is 1. The van der Waals surface area contributed by atoms with Crippen molar-refractivity contribution in [3.63, 3.8) is 0 Å². The number of carbonyl (C=O) groups is 1. The Bertz CT molecular complexity index is 1120. The van der Waals surface area contributed by atoms with E-state index in [1.807, 2.05) is 7.11 Å². The van der Waals surface area contributed by atoms with Gasteiger partial charge in [-0.3, -0.25) is 4.79 Å². The van der Waals surface area contributed by atoms with Crippen molar-refractivity contribution in [3.8, 4) is 0 Å². The molecule has 4 fully saturated rings. The van der Waals surface area contributed by atoms with Crippen LogP contribution in [0.3, 0.4) is 0 Å². The molecule has 4 aliphatic rings. The molecule has 0 saturated heterocycles. The molecule has 0 radical (unpaired) electrons. The molecule has 0 aliphatic heterocycles. The van der Waals surface area contributed by atoms with Gasteiger partial charge >= 0.3 is 0 Å². The lowest BCUT2D eigenvalue weighted by Gasteiger charge is -2.61. The van der Waals surface area contributed by atoms with Gasteiger partial charge in [0.05, 0.1) is 12.1 Å². The van der Waals surface area contributed by atoms with E-state index >= 15 is 0 Å². The standard InChI is InChI=1S/C29H40FN3O2/c1-18-10-13-29(17-35-3)19(14-18)4-6-21-22-7-8-24(28(22,2)12-11-23(21)29)27(34)16-33-26-15-20(30)5-9-25(26)31-32-33/h5,9,15,18-19,21-24H,4,6-8,10-14,16-17H2,1-3H3. The predicted octanol–water partition coefficient (Wildman–Crippen LogP) is 6.06. The summed E-state index contributed by atoms with van der Waals surface area (Å²) in [6.07, 6.45) is 11.2. The Balaban J connectivity index is 1.24. The van der Waals surface area contributed by atoms with E-state index in [-0.39, 0.29) is 29.5 Å². The van der Waals surface area contributed by atoms with Gasteiger partial charge in [-0.25, -0.2) is 9.07 Å². The summed E-state index contributed by atoms with van der Waals surface area (Å²) in [7, 11) is 1.89. The average Bonchev–Trinajstić information content (AvgIpc) is 3.39. The number of hydrogen-bond donors (Lipinski definition) is 0. The number of rotatable bonds is 5. The molecule has 0 bridgehead atoms. The number of fused-ring (bicyclic) bond motifs is 6. The second-order valence-corrected chi connectivity index (χ2v) is 12.7. The van der Waals surface area contributed by atoms with Crippen molar-refractivity contribution in [2.75, 3.05) is 13.7 Å². The number of ether oxygens (including phenoxy) is 1. The normalized spacial score (nSPS) is 40.8. The number of carbonyl (C=O) groups excluding carboxylic acids is 1. The SMILES string of the molecule is COCC12CCC(C)CC1CCC1C3CCC(C(=O)Cn4nnc5ccc(F)cc54)C3(C)CCC12. The van der Waals surface area contributed by atoms with Crippen LogP contribution in [0.25, 0.3) is 11.0 Å². The van der Waals surface area contributed by atoms with E-state index < -0.39 is 0 Å². The van der Waals surface area contributed by atoms with Gasteiger partial charge in [-0.1, -0.05) is 25.5 Å². The van der Waals surface area contributed by atoms with Crippen LogP contribution < -0.4 is 0 Å². The maximum atomic E-state index is 13.8. The Hall–Kier alpha value is -1.82. The van der Waals surface area contributed by atoms with Gasteiger partial charge in [0.1, 0.15) is 17.9 Å². The zero-order valence-electron chi connectivity index (χ0n) is 21.5. The molecule has 0 spiro atoms. The molecular weight excluding hydrogens is 441 g/mol. The summed E-state index contributed by atoms with van der Waals surface area (Å²) in [4.78, 5) is 13.7. The zero-order valence-corrected chi connectivity index (χ0v) is 21.5. The molecule has 4 aliphatic carbocycles. The van der Waals surface area contributed by atoms with E-state index in [1.54, 1.807) is 10.7 Å². The second kappa shape index (κ2) is 8.64. The summed E-state index contributed by atoms with van der Waals surface area (Å²) in [6.45, 7) is 5.93. The highest BCUT2D eigenvalue weighted by Gasteiger charge is 2.62. The lowest BCUT2D eigenvalue weighted by molar-refractivity contribution is -0.154. The Morgan fingerprint density at radius 1 is 1.14 bits per heavy atom. The van der Waals surface area contributed by atoms with Crippen molar-refractivity contribution < 1.29 is 13.9 Å². The smallest absolute Gasteiger partial charge is 0.157 e. The van der Waals surface area contributed by atoms with E-state index in [9.17, 15) is 9.18 Å². The van der Waals surface area contributed by atoms with Crippen LogP contribution in [0.4, 0.5) is 4.39 Å². The molecule has 4 saturated carbocycles. The van der Waals surface area contributed by atoms with Gasteiger partial charge < -0.3 is 4.74 Å². The molecule has 6 heteroatoms. The zero-order chi connectivity index (χ0) is 24.4. The van der Waals surface area contributed by atoms with Crippen molar-refractivity contribution in [1.29, 1.82) is 0 Å². The van der Waals surface area contributed by atoms with E-state index in [0.29, 0.717) is 28.3 Å². The number of hydrogen-bond acceptors (Lipinski definition) is 4. The number of ketones is 1. The fourth-order valence-electron chi connectivity index (χ4n) is 9.66. The number of methoxy groups -OCH3 is 1. The molecule has 5 nitrogen and oxygen atoms in total. The molecule has 6 rings (SSSR count). The first-order chi connectivity index (χ1) is 16.9. The van der Waals surface area contributed by atoms with Crippen molar-refractivity contribution >= 4 is 16.8 Å². The molecule has 1 heterocycles. The predicted molar refractivity (Wildman–Crippen MR) is 133 cm³/mol. The van der Waals surface area contributed by atoms with Crippen LogP contribution in [-0.4, -0.2) is 34.5 Å². The number of nitrogens with zero attached hydrogens (tertiary/aromatic N) is 3. The second-order valence-electron chi connectivity index (χ2n) is 12.7. The summed E-state index contributed by atoms with van der Waals surface area (Å²) >= 11 is 0. The monoisotopic (exact) mass is 481 g/mol. The highest BCUT2D eigenvalue weighted by Crippen LogP contribution is 2.68. The van der Waals surface area contributed by atoms with Gasteiger partial charge in [0.25, 0.3) is 0 Å². The third-order valence-corrected chi connectivity index (χ3v) is 11.2. The maximum absolute atomic E-state index is 13.8. The molecule has 8 unspecified atom stereocenters. The fraction of sp³-hybridized carbons (Fsp3) is 0.759. The van der Waals surface area contributed by atoms with Crippen LogP contribution in [0.5, 0.6) is 0 Å². The highest BCUT2D eigenvalue weighted by atomic mass is 19.1. The minimum atomic E-state index is -0.322. The van der Waals surface area contributed by atoms with Gasteiger partial charge in [-0.15, -0.1) is 5.10 Å². The number of aromatic nitrogens is 3. The minimum absolute atomic E-state index is 0.0585. The lowest BCUT2D eigenvalue weighted by Crippen LogP contribution is -2.56. The molecule has 2 aromatic rings. The lowest BCUT2D eigenvalue weighted by atomic mass is 9.44. The number of halogens is 1. The largest absolute Gasteiger partial charge is 0.384 e. The highest BCUT2D eigenvalue weighted by molar-refractivity contribution is 5.84. The Kier molecular flexibility index (Phi) is 5.82. The quantitative estimate of drug-likeness (QED) is 0.521. The van der Waals surface area contributed by atoms with Crippen molar-refractivity contribution in [1.82, 2.24) is 15.0 Å². The van der Waals surface area contributed by atoms with Crippen LogP contribution in [0.1, 0.15) is 71.6 Å². The first-order valence-electron chi connectivity index (χ1n) is 13.9. The Morgan fingerprint density at radius 3 is 2.83 bits per heavy atom. The summed E-state index contributed by atoms with van der Waals surface area (Å²) in [5, 5.41) is 8.33. The van der Waals surface area contributed by atoms with E-state index in [0.717, 1.165) is 43.6 Å². The van der Waals surface area contributed by atoms with Crippen LogP contribution >= 0.6 is 0 Å². The van der Waals surface area contributed by atoms with E-state index in [2.05, 4.69) is 24.2 Å². The first-order valence-corrected chi connectivity index (χ1v) is 13.9. The van der Waals surface area contributed by atoms with Gasteiger partial charge in [-0.05, 0) is 104 Å². The molecule has 35 heavy (non-hydrogen) atoms. The summed E-state index contributed by atoms with van der Waals surface area (Å²) in [6, 6.07) is 4.46. The van der Waals surface area contributed by atoms with E-state index in [4.69, 9.17) is 4.74 Å². The molecule has 1 aromatic carbocycles. The van der Waals surface area contributed by atoms with Crippen molar-refractivity contribution in [3.05, 3.63) is 24.0 Å². The van der Waals surface area contributed by atoms with Crippen molar-refractivity contribution in [2.45, 2.75) is 78.2 Å². The molecule has 190 valence electrons. The van der Waals surface area contributed by atoms with Gasteiger partial charge in [0, 0.05) is 19.1 Å². The van der Waals surface area contributed by atoms with Crippen LogP contribution in [0, 0.1) is 52.2 Å². The topological polar surface area (TPSA) is 57.0 Å². The van der Waals surface area contributed by atoms with Crippen LogP contribution in [-0.2, 0) is 16.1 Å². The molecule has 8 atom stereocenters. The summed E-state index contributed by atoms with van der Waals surface area (Å²) in [5.74, 6) is 3.70. The third kappa shape index (κ3) is 3.60. The Morgan fingerprint density at radius 2 is 2.00 bits per heavy atom. The van der Waals surface area contributed by atoms with E-state index in [1.165, 1.54) is 50.7 Å². The summed E-state index contributed by atoms with van der Waals surface area (Å²) < 4.78 is 21.4. The first kappa shape index (κ1) is 23.6. The molecule has 0 amide bonds. The summed E-state index contributed by atoms with van der Waals surface area (Å²) in [5.41, 5.74) is 1.64. The molecule has 1 aromatic heterocycles. The van der Waals surface area contributed by atoms with Crippen LogP contribution in [0.2, 0.25) is 0 Å². The minimum Gasteiger partial charge on any atom is -0.384 e. The van der Waals surface area contributed by atoms with Gasteiger partial charge in [0.2, 0.25) is 0 Å². The van der Waals surface area contributed by atoms with Crippen molar-refractivity contribution in [2.24, 2.45) is 46.3 Å². The van der Waals surface area contributed by atoms with Gasteiger partial charge in [0.15, 0.2) is 5.78 Å². The molecular formula is C29H40FN3O2. The Labute approximate surface area is 208 Å². The average molecular weight is 482 g/mol. The fourth-order valence-corrected chi connectivity index (χ4v) is 9.66. The van der Waals surface area contributed by atoms with Gasteiger partial charge in [-0.2, -0.15) is 0 Å².